The molecular weight excluding hydrogens is 300 g/mol. The number of carbonyl (C=O) groups is 4. The van der Waals surface area contributed by atoms with Gasteiger partial charge in [-0.2, -0.15) is 0 Å². The molecule has 0 amide bonds. The van der Waals surface area contributed by atoms with Gasteiger partial charge in [0.1, 0.15) is 0 Å². The summed E-state index contributed by atoms with van der Waals surface area (Å²) in [6.45, 7) is 6.19. The third-order valence-corrected chi connectivity index (χ3v) is 4.34. The smallest absolute Gasteiger partial charge is 0.321 e. The molecule has 0 aromatic heterocycles. The summed E-state index contributed by atoms with van der Waals surface area (Å²) < 4.78 is 9.18. The highest BCUT2D eigenvalue weighted by molar-refractivity contribution is 5.96. The fourth-order valence-corrected chi connectivity index (χ4v) is 3.31. The second-order valence-corrected chi connectivity index (χ2v) is 6.78. The normalized spacial score (nSPS) is 27.7. The van der Waals surface area contributed by atoms with Gasteiger partial charge < -0.3 is 9.47 Å². The van der Waals surface area contributed by atoms with Crippen LogP contribution in [-0.2, 0) is 28.7 Å². The summed E-state index contributed by atoms with van der Waals surface area (Å²) in [4.78, 5) is 46.0. The molecule has 2 heterocycles. The summed E-state index contributed by atoms with van der Waals surface area (Å²) in [5, 5.41) is 0. The van der Waals surface area contributed by atoms with E-state index >= 15 is 0 Å². The zero-order valence-corrected chi connectivity index (χ0v) is 13.6. The van der Waals surface area contributed by atoms with E-state index in [9.17, 15) is 19.2 Å². The lowest BCUT2D eigenvalue weighted by Crippen LogP contribution is -2.25. The number of hydrogen-bond donors (Lipinski definition) is 0. The van der Waals surface area contributed by atoms with Crippen molar-refractivity contribution in [2.45, 2.75) is 40.0 Å². The number of esters is 4. The van der Waals surface area contributed by atoms with Gasteiger partial charge in [-0.25, -0.2) is 0 Å². The minimum atomic E-state index is -0.607. The zero-order chi connectivity index (χ0) is 17.1. The second-order valence-electron chi connectivity index (χ2n) is 6.78. The summed E-state index contributed by atoms with van der Waals surface area (Å²) in [5.74, 6) is -2.88. The molecule has 2 fully saturated rings. The number of cyclic esters (lactones) is 4. The van der Waals surface area contributed by atoms with Crippen molar-refractivity contribution in [1.29, 1.82) is 0 Å². The van der Waals surface area contributed by atoms with Gasteiger partial charge in [-0.3, -0.25) is 19.2 Å². The Hall–Kier alpha value is -1.98. The van der Waals surface area contributed by atoms with Crippen molar-refractivity contribution >= 4 is 23.9 Å². The van der Waals surface area contributed by atoms with E-state index in [1.54, 1.807) is 12.2 Å². The quantitative estimate of drug-likeness (QED) is 0.422. The third kappa shape index (κ3) is 4.27. The van der Waals surface area contributed by atoms with E-state index in [1.807, 2.05) is 6.92 Å². The number of ether oxygens (including phenoxy) is 2. The lowest BCUT2D eigenvalue weighted by Gasteiger charge is -2.25. The molecule has 2 aliphatic rings. The molecule has 0 N–H and O–H groups in total. The van der Waals surface area contributed by atoms with Crippen LogP contribution in [0.4, 0.5) is 0 Å². The Morgan fingerprint density at radius 1 is 1.00 bits per heavy atom. The Kier molecular flexibility index (Phi) is 5.34. The highest BCUT2D eigenvalue weighted by Gasteiger charge is 2.41. The van der Waals surface area contributed by atoms with Crippen LogP contribution in [0.3, 0.4) is 0 Å². The maximum absolute atomic E-state index is 11.9. The Balaban J connectivity index is 2.16. The first-order chi connectivity index (χ1) is 10.8. The second kappa shape index (κ2) is 7.06. The molecular formula is C17H22O6. The number of rotatable bonds is 6. The Morgan fingerprint density at radius 2 is 1.61 bits per heavy atom. The Morgan fingerprint density at radius 3 is 2.09 bits per heavy atom. The molecule has 0 radical (unpaired) electrons. The van der Waals surface area contributed by atoms with Gasteiger partial charge in [-0.15, -0.1) is 0 Å². The Bertz CT molecular complexity index is 547. The summed E-state index contributed by atoms with van der Waals surface area (Å²) >= 11 is 0. The van der Waals surface area contributed by atoms with E-state index in [1.165, 1.54) is 0 Å². The molecule has 0 saturated carbocycles. The molecule has 0 aliphatic carbocycles. The van der Waals surface area contributed by atoms with Crippen LogP contribution in [0.1, 0.15) is 40.0 Å². The Labute approximate surface area is 135 Å². The lowest BCUT2D eigenvalue weighted by atomic mass is 9.77. The molecule has 0 bridgehead atoms. The summed E-state index contributed by atoms with van der Waals surface area (Å²) in [6.07, 6.45) is 4.37. The maximum Gasteiger partial charge on any atom is 0.321 e. The van der Waals surface area contributed by atoms with Crippen molar-refractivity contribution in [3.8, 4) is 0 Å². The fraction of sp³-hybridized carbons (Fsp3) is 0.647. The van der Waals surface area contributed by atoms with Crippen molar-refractivity contribution < 1.29 is 28.7 Å². The highest BCUT2D eigenvalue weighted by Crippen LogP contribution is 2.34. The van der Waals surface area contributed by atoms with Gasteiger partial charge >= 0.3 is 23.9 Å². The van der Waals surface area contributed by atoms with Crippen LogP contribution in [0.5, 0.6) is 0 Å². The molecule has 6 nitrogen and oxygen atoms in total. The largest absolute Gasteiger partial charge is 0.393 e. The van der Waals surface area contributed by atoms with Crippen LogP contribution >= 0.6 is 0 Å². The van der Waals surface area contributed by atoms with Gasteiger partial charge in [0, 0.05) is 0 Å². The first-order valence-corrected chi connectivity index (χ1v) is 7.95. The molecule has 2 saturated heterocycles. The topological polar surface area (TPSA) is 86.7 Å². The molecule has 6 heteroatoms. The number of carbonyl (C=O) groups excluding carboxylic acids is 4. The van der Waals surface area contributed by atoms with E-state index < -0.39 is 35.7 Å². The van der Waals surface area contributed by atoms with Crippen LogP contribution in [0.15, 0.2) is 12.2 Å². The zero-order valence-electron chi connectivity index (χ0n) is 13.6. The van der Waals surface area contributed by atoms with Crippen LogP contribution in [-0.4, -0.2) is 23.9 Å². The van der Waals surface area contributed by atoms with E-state index in [0.29, 0.717) is 5.92 Å². The molecule has 126 valence electrons. The van der Waals surface area contributed by atoms with Gasteiger partial charge in [0.15, 0.2) is 0 Å². The molecule has 23 heavy (non-hydrogen) atoms. The van der Waals surface area contributed by atoms with Crippen LogP contribution in [0, 0.1) is 29.6 Å². The van der Waals surface area contributed by atoms with Crippen molar-refractivity contribution in [3.05, 3.63) is 12.2 Å². The van der Waals surface area contributed by atoms with Crippen molar-refractivity contribution in [3.63, 3.8) is 0 Å². The average Bonchev–Trinajstić information content (AvgIpc) is 2.91. The van der Waals surface area contributed by atoms with Crippen molar-refractivity contribution in [2.24, 2.45) is 29.6 Å². The highest BCUT2D eigenvalue weighted by atomic mass is 16.6. The van der Waals surface area contributed by atoms with Crippen LogP contribution < -0.4 is 0 Å². The molecule has 0 spiro atoms. The van der Waals surface area contributed by atoms with Gasteiger partial charge in [0.25, 0.3) is 0 Å². The molecule has 2 aliphatic heterocycles. The summed E-state index contributed by atoms with van der Waals surface area (Å²) in [6, 6.07) is 0. The van der Waals surface area contributed by atoms with E-state index in [0.717, 1.165) is 6.42 Å². The number of allylic oxidation sites excluding steroid dienone is 1. The third-order valence-electron chi connectivity index (χ3n) is 4.34. The molecule has 0 aromatic carbocycles. The molecule has 4 atom stereocenters. The average molecular weight is 322 g/mol. The molecule has 4 unspecified atom stereocenters. The SMILES string of the molecule is CC(C)CC(C)C(C=CC1CC(=O)OC1=O)C1CC(=O)OC1=O. The molecule has 0 aromatic rings. The van der Waals surface area contributed by atoms with Gasteiger partial charge in [0.05, 0.1) is 24.7 Å². The van der Waals surface area contributed by atoms with Crippen molar-refractivity contribution in [2.75, 3.05) is 0 Å². The monoisotopic (exact) mass is 322 g/mol. The predicted molar refractivity (Wildman–Crippen MR) is 79.7 cm³/mol. The van der Waals surface area contributed by atoms with E-state index in [-0.39, 0.29) is 24.7 Å². The molecule has 2 rings (SSSR count). The minimum absolute atomic E-state index is 0.0225. The summed E-state index contributed by atoms with van der Waals surface area (Å²) in [5.41, 5.74) is 0. The number of hydrogen-bond acceptors (Lipinski definition) is 6. The van der Waals surface area contributed by atoms with Gasteiger partial charge in [-0.05, 0) is 24.2 Å². The van der Waals surface area contributed by atoms with E-state index in [2.05, 4.69) is 23.3 Å². The lowest BCUT2D eigenvalue weighted by molar-refractivity contribution is -0.154. The minimum Gasteiger partial charge on any atom is -0.393 e. The first-order valence-electron chi connectivity index (χ1n) is 7.95. The standard InChI is InChI=1S/C17H22O6/c1-9(2)6-10(3)12(13-8-15(19)23-17(13)21)5-4-11-7-14(18)22-16(11)20/h4-5,9-13H,6-8H2,1-3H3. The summed E-state index contributed by atoms with van der Waals surface area (Å²) in [7, 11) is 0. The van der Waals surface area contributed by atoms with Crippen LogP contribution in [0.25, 0.3) is 0 Å². The van der Waals surface area contributed by atoms with Crippen LogP contribution in [0.2, 0.25) is 0 Å². The first kappa shape index (κ1) is 17.4. The van der Waals surface area contributed by atoms with Gasteiger partial charge in [-0.1, -0.05) is 32.9 Å². The fourth-order valence-electron chi connectivity index (χ4n) is 3.31. The maximum atomic E-state index is 11.9. The predicted octanol–water partition coefficient (Wildman–Crippen LogP) is 2.02. The van der Waals surface area contributed by atoms with E-state index in [4.69, 9.17) is 0 Å². The van der Waals surface area contributed by atoms with Gasteiger partial charge in [0.2, 0.25) is 0 Å². The van der Waals surface area contributed by atoms with Crippen molar-refractivity contribution in [1.82, 2.24) is 0 Å².